The minimum atomic E-state index is -0.483. The molecule has 0 aromatic heterocycles. The Kier molecular flexibility index (Phi) is 7.73. The Morgan fingerprint density at radius 2 is 1.79 bits per heavy atom. The fourth-order valence-corrected chi connectivity index (χ4v) is 2.72. The van der Waals surface area contributed by atoms with Gasteiger partial charge >= 0.3 is 6.09 Å². The van der Waals surface area contributed by atoms with Crippen molar-refractivity contribution in [1.82, 2.24) is 0 Å². The van der Waals surface area contributed by atoms with E-state index in [4.69, 9.17) is 21.1 Å². The van der Waals surface area contributed by atoms with E-state index in [1.165, 1.54) is 25.2 Å². The number of carbonyl (C=O) groups excluding carboxylic acids is 2. The summed E-state index contributed by atoms with van der Waals surface area (Å²) >= 11 is 6.31. The molecule has 7 nitrogen and oxygen atoms in total. The second kappa shape index (κ2) is 10.0. The van der Waals surface area contributed by atoms with Crippen LogP contribution in [-0.4, -0.2) is 39.9 Å². The van der Waals surface area contributed by atoms with E-state index in [0.717, 1.165) is 0 Å². The predicted molar refractivity (Wildman–Crippen MR) is 114 cm³/mol. The first-order valence-corrected chi connectivity index (χ1v) is 9.38. The molecule has 2 aromatic carbocycles. The smallest absolute Gasteiger partial charge is 0.413 e. The lowest BCUT2D eigenvalue weighted by Crippen LogP contribution is -2.25. The third-order valence-electron chi connectivity index (χ3n) is 4.01. The first kappa shape index (κ1) is 22.4. The molecule has 0 fully saturated rings. The minimum absolute atomic E-state index is 0.296. The molecule has 156 valence electrons. The summed E-state index contributed by atoms with van der Waals surface area (Å²) in [6.45, 7) is 4.53. The van der Waals surface area contributed by atoms with Crippen molar-refractivity contribution in [2.45, 2.75) is 13.8 Å². The van der Waals surface area contributed by atoms with Crippen LogP contribution >= 0.6 is 11.6 Å². The van der Waals surface area contributed by atoms with E-state index in [1.54, 1.807) is 37.4 Å². The number of benzene rings is 2. The number of carbonyl (C=O) groups is 2. The molecule has 2 rings (SSSR count). The van der Waals surface area contributed by atoms with Crippen molar-refractivity contribution in [3.8, 4) is 11.5 Å². The number of hydrogen-bond donors (Lipinski definition) is 1. The van der Waals surface area contributed by atoms with E-state index in [1.807, 2.05) is 13.8 Å². The van der Waals surface area contributed by atoms with Crippen molar-refractivity contribution in [2.24, 2.45) is 5.92 Å². The Morgan fingerprint density at radius 1 is 1.14 bits per heavy atom. The number of rotatable bonds is 7. The van der Waals surface area contributed by atoms with Crippen LogP contribution in [0.1, 0.15) is 24.2 Å². The Hall–Kier alpha value is -2.93. The van der Waals surface area contributed by atoms with Gasteiger partial charge in [0.2, 0.25) is 0 Å². The highest BCUT2D eigenvalue weighted by molar-refractivity contribution is 6.32. The highest BCUT2D eigenvalue weighted by Crippen LogP contribution is 2.37. The van der Waals surface area contributed by atoms with Crippen molar-refractivity contribution < 1.29 is 23.8 Å². The van der Waals surface area contributed by atoms with Crippen LogP contribution in [0.25, 0.3) is 0 Å². The number of anilines is 2. The second-order valence-corrected chi connectivity index (χ2v) is 7.13. The van der Waals surface area contributed by atoms with Crippen LogP contribution in [0.2, 0.25) is 5.02 Å². The van der Waals surface area contributed by atoms with Crippen molar-refractivity contribution in [1.29, 1.82) is 0 Å². The lowest BCUT2D eigenvalue weighted by atomic mass is 10.1. The second-order valence-electron chi connectivity index (χ2n) is 6.72. The molecule has 1 N–H and O–H groups in total. The monoisotopic (exact) mass is 420 g/mol. The van der Waals surface area contributed by atoms with Gasteiger partial charge in [-0.15, -0.1) is 0 Å². The van der Waals surface area contributed by atoms with Crippen LogP contribution in [0.15, 0.2) is 36.4 Å². The fourth-order valence-electron chi connectivity index (χ4n) is 2.45. The van der Waals surface area contributed by atoms with Crippen LogP contribution in [-0.2, 0) is 4.74 Å². The van der Waals surface area contributed by atoms with E-state index in [-0.39, 0.29) is 5.91 Å². The van der Waals surface area contributed by atoms with Gasteiger partial charge in [0, 0.05) is 24.0 Å². The van der Waals surface area contributed by atoms with Crippen molar-refractivity contribution in [2.75, 3.05) is 38.1 Å². The van der Waals surface area contributed by atoms with Crippen LogP contribution in [0.3, 0.4) is 0 Å². The molecular formula is C21H25ClN2O5. The number of nitrogens with zero attached hydrogens (tertiary/aromatic N) is 1. The molecule has 0 saturated carbocycles. The Balaban J connectivity index is 2.16. The van der Waals surface area contributed by atoms with Gasteiger partial charge in [0.05, 0.1) is 25.8 Å². The van der Waals surface area contributed by atoms with Crippen molar-refractivity contribution in [3.05, 3.63) is 47.0 Å². The number of methoxy groups -OCH3 is 2. The van der Waals surface area contributed by atoms with Gasteiger partial charge in [0.25, 0.3) is 5.91 Å². The van der Waals surface area contributed by atoms with Crippen molar-refractivity contribution in [3.63, 3.8) is 0 Å². The number of nitrogens with one attached hydrogen (secondary N) is 1. The molecule has 0 spiro atoms. The number of amides is 2. The molecule has 2 amide bonds. The van der Waals surface area contributed by atoms with E-state index < -0.39 is 6.09 Å². The third-order valence-corrected chi connectivity index (χ3v) is 4.29. The maximum Gasteiger partial charge on any atom is 0.413 e. The van der Waals surface area contributed by atoms with Gasteiger partial charge in [-0.1, -0.05) is 25.4 Å². The predicted octanol–water partition coefficient (Wildman–Crippen LogP) is 4.84. The van der Waals surface area contributed by atoms with Gasteiger partial charge in [0.15, 0.2) is 11.5 Å². The Labute approximate surface area is 175 Å². The van der Waals surface area contributed by atoms with Gasteiger partial charge in [0.1, 0.15) is 0 Å². The number of halogens is 1. The van der Waals surface area contributed by atoms with E-state index in [9.17, 15) is 9.59 Å². The van der Waals surface area contributed by atoms with E-state index in [0.29, 0.717) is 46.0 Å². The normalized spacial score (nSPS) is 10.4. The molecule has 29 heavy (non-hydrogen) atoms. The maximum atomic E-state index is 12.6. The zero-order valence-electron chi connectivity index (χ0n) is 17.1. The number of hydrogen-bond acceptors (Lipinski definition) is 5. The average molecular weight is 421 g/mol. The van der Waals surface area contributed by atoms with Crippen LogP contribution in [0, 0.1) is 5.92 Å². The topological polar surface area (TPSA) is 77.1 Å². The molecule has 0 saturated heterocycles. The van der Waals surface area contributed by atoms with Crippen LogP contribution in [0.5, 0.6) is 11.5 Å². The van der Waals surface area contributed by atoms with Gasteiger partial charge in [-0.05, 0) is 42.3 Å². The van der Waals surface area contributed by atoms with Gasteiger partial charge in [-0.3, -0.25) is 9.69 Å². The fraction of sp³-hybridized carbons (Fsp3) is 0.333. The molecule has 0 aliphatic rings. The molecule has 0 heterocycles. The minimum Gasteiger partial charge on any atom is -0.493 e. The highest BCUT2D eigenvalue weighted by atomic mass is 35.5. The van der Waals surface area contributed by atoms with E-state index in [2.05, 4.69) is 10.1 Å². The van der Waals surface area contributed by atoms with Crippen LogP contribution in [0.4, 0.5) is 16.2 Å². The highest BCUT2D eigenvalue weighted by Gasteiger charge is 2.17. The number of ether oxygens (including phenoxy) is 3. The SMILES string of the molecule is COC(=O)N(C)c1ccc(NC(=O)c2cc(Cl)c(OCC(C)C)c(OC)c2)cc1. The summed E-state index contributed by atoms with van der Waals surface area (Å²) in [5.74, 6) is 0.766. The molecule has 0 unspecified atom stereocenters. The summed E-state index contributed by atoms with van der Waals surface area (Å²) in [4.78, 5) is 25.6. The standard InChI is InChI=1S/C21H25ClN2O5/c1-13(2)12-29-19-17(22)10-14(11-18(19)27-4)20(25)23-15-6-8-16(9-7-15)24(3)21(26)28-5/h6-11,13H,12H2,1-5H3,(H,23,25). The lowest BCUT2D eigenvalue weighted by Gasteiger charge is -2.16. The zero-order valence-corrected chi connectivity index (χ0v) is 17.9. The molecular weight excluding hydrogens is 396 g/mol. The first-order chi connectivity index (χ1) is 13.8. The largest absolute Gasteiger partial charge is 0.493 e. The van der Waals surface area contributed by atoms with Crippen molar-refractivity contribution >= 4 is 35.0 Å². The van der Waals surface area contributed by atoms with Gasteiger partial charge < -0.3 is 19.5 Å². The molecule has 0 bridgehead atoms. The van der Waals surface area contributed by atoms with Crippen LogP contribution < -0.4 is 19.7 Å². The van der Waals surface area contributed by atoms with E-state index >= 15 is 0 Å². The maximum absolute atomic E-state index is 12.6. The molecule has 0 aliphatic heterocycles. The lowest BCUT2D eigenvalue weighted by molar-refractivity contribution is 0.102. The summed E-state index contributed by atoms with van der Waals surface area (Å²) in [6.07, 6.45) is -0.483. The Morgan fingerprint density at radius 3 is 2.34 bits per heavy atom. The first-order valence-electron chi connectivity index (χ1n) is 9.00. The van der Waals surface area contributed by atoms with Gasteiger partial charge in [-0.25, -0.2) is 4.79 Å². The summed E-state index contributed by atoms with van der Waals surface area (Å²) < 4.78 is 15.7. The molecule has 8 heteroatoms. The third kappa shape index (κ3) is 5.77. The average Bonchev–Trinajstić information content (AvgIpc) is 2.71. The molecule has 0 radical (unpaired) electrons. The zero-order chi connectivity index (χ0) is 21.6. The summed E-state index contributed by atoms with van der Waals surface area (Å²) in [5, 5.41) is 3.08. The quantitative estimate of drug-likeness (QED) is 0.693. The van der Waals surface area contributed by atoms with Gasteiger partial charge in [-0.2, -0.15) is 0 Å². The molecule has 0 atom stereocenters. The molecule has 2 aromatic rings. The Bertz CT molecular complexity index is 868. The summed E-state index contributed by atoms with van der Waals surface area (Å²) in [6, 6.07) is 9.88. The summed E-state index contributed by atoms with van der Waals surface area (Å²) in [5.41, 5.74) is 1.53. The molecule has 0 aliphatic carbocycles. The summed E-state index contributed by atoms with van der Waals surface area (Å²) in [7, 11) is 4.40.